The van der Waals surface area contributed by atoms with Crippen molar-refractivity contribution in [3.05, 3.63) is 65.2 Å². The minimum Gasteiger partial charge on any atom is -0.452 e. The number of hydrogen-bond donors (Lipinski definition) is 3. The normalized spacial score (nSPS) is 24.5. The number of methoxy groups -OCH3 is 1. The van der Waals surface area contributed by atoms with Crippen LogP contribution in [0.5, 0.6) is 0 Å². The summed E-state index contributed by atoms with van der Waals surface area (Å²) in [5.41, 5.74) is -0.0326. The van der Waals surface area contributed by atoms with E-state index in [1.54, 1.807) is 45.6 Å². The zero-order valence-corrected chi connectivity index (χ0v) is 26.0. The summed E-state index contributed by atoms with van der Waals surface area (Å²) in [6, 6.07) is 13.4. The number of nitrogens with zero attached hydrogens (tertiary/aromatic N) is 2. The Kier molecular flexibility index (Phi) is 7.49. The molecular weight excluding hydrogens is 548 g/mol. The van der Waals surface area contributed by atoms with Gasteiger partial charge in [0.25, 0.3) is 0 Å². The molecule has 2 aromatic carbocycles. The second-order valence-electron chi connectivity index (χ2n) is 13.1. The minimum absolute atomic E-state index is 0.130. The Morgan fingerprint density at radius 3 is 2.44 bits per heavy atom. The summed E-state index contributed by atoms with van der Waals surface area (Å²) in [5.74, 6) is -0.130. The Hall–Kier alpha value is -4.05. The van der Waals surface area contributed by atoms with Crippen LogP contribution < -0.4 is 20.4 Å². The molecule has 5 rings (SSSR count). The maximum atomic E-state index is 14.4. The fourth-order valence-electron chi connectivity index (χ4n) is 7.36. The molecule has 0 aliphatic carbocycles. The number of rotatable bonds is 5. The third-order valence-electron chi connectivity index (χ3n) is 8.74. The monoisotopic (exact) mass is 590 g/mol. The Labute approximate surface area is 253 Å². The third-order valence-corrected chi connectivity index (χ3v) is 8.74. The first kappa shape index (κ1) is 30.4. The van der Waals surface area contributed by atoms with Gasteiger partial charge in [-0.05, 0) is 76.3 Å². The highest BCUT2D eigenvalue weighted by molar-refractivity contribution is 6.02. The molecular formula is C33H42N4O6. The largest absolute Gasteiger partial charge is 0.452 e. The molecule has 0 radical (unpaired) electrons. The van der Waals surface area contributed by atoms with Gasteiger partial charge in [0.15, 0.2) is 0 Å². The first-order valence-corrected chi connectivity index (χ1v) is 14.7. The summed E-state index contributed by atoms with van der Waals surface area (Å²) in [7, 11) is 3.27. The van der Waals surface area contributed by atoms with E-state index < -0.39 is 40.4 Å². The molecule has 0 bridgehead atoms. The van der Waals surface area contributed by atoms with Crippen molar-refractivity contribution in [1.29, 1.82) is 0 Å². The first-order chi connectivity index (χ1) is 20.2. The van der Waals surface area contributed by atoms with E-state index in [-0.39, 0.29) is 12.5 Å². The summed E-state index contributed by atoms with van der Waals surface area (Å²) in [4.78, 5) is 44.6. The number of anilines is 2. The van der Waals surface area contributed by atoms with Crippen molar-refractivity contribution < 1.29 is 29.0 Å². The number of alkyl carbamates (subject to hydrolysis) is 1. The van der Waals surface area contributed by atoms with Crippen LogP contribution in [0.25, 0.3) is 6.08 Å². The summed E-state index contributed by atoms with van der Waals surface area (Å²) >= 11 is 0. The van der Waals surface area contributed by atoms with Crippen molar-refractivity contribution in [2.75, 3.05) is 37.0 Å². The number of ether oxygens (including phenoxy) is 2. The SMILES string of the molecule is COC(=O)N1c2ccccc2[C@]2(CCNC2=O)[C@@]2(CCNC(=O)OC(C)(C)C)c3c(/C=C/C(C)(C)O)cccc3N(C)[C@@H]12. The average molecular weight is 591 g/mol. The number of aliphatic hydroxyl groups is 1. The number of hydrogen-bond acceptors (Lipinski definition) is 7. The van der Waals surface area contributed by atoms with Gasteiger partial charge < -0.3 is 30.1 Å². The van der Waals surface area contributed by atoms with Crippen LogP contribution in [0.3, 0.4) is 0 Å². The maximum Gasteiger partial charge on any atom is 0.415 e. The lowest BCUT2D eigenvalue weighted by atomic mass is 9.51. The van der Waals surface area contributed by atoms with E-state index in [0.29, 0.717) is 25.1 Å². The molecule has 2 aromatic rings. The summed E-state index contributed by atoms with van der Waals surface area (Å²) in [6.07, 6.45) is 2.59. The fraction of sp³-hybridized carbons (Fsp3) is 0.485. The number of amides is 3. The molecule has 230 valence electrons. The molecule has 0 aromatic heterocycles. The highest BCUT2D eigenvalue weighted by Gasteiger charge is 2.72. The molecule has 10 nitrogen and oxygen atoms in total. The Balaban J connectivity index is 1.82. The molecule has 1 saturated heterocycles. The van der Waals surface area contributed by atoms with Crippen LogP contribution in [-0.2, 0) is 25.1 Å². The van der Waals surface area contributed by atoms with Crippen LogP contribution in [0.1, 0.15) is 64.2 Å². The number of fused-ring (bicyclic) bond motifs is 6. The lowest BCUT2D eigenvalue weighted by molar-refractivity contribution is -0.127. The van der Waals surface area contributed by atoms with Crippen molar-refractivity contribution in [2.24, 2.45) is 0 Å². The number of para-hydroxylation sites is 1. The highest BCUT2D eigenvalue weighted by Crippen LogP contribution is 2.65. The molecule has 3 aliphatic heterocycles. The zero-order chi connectivity index (χ0) is 31.4. The fourth-order valence-corrected chi connectivity index (χ4v) is 7.36. The van der Waals surface area contributed by atoms with Gasteiger partial charge in [0.1, 0.15) is 11.8 Å². The van der Waals surface area contributed by atoms with Gasteiger partial charge >= 0.3 is 12.2 Å². The number of nitrogens with one attached hydrogen (secondary N) is 2. The van der Waals surface area contributed by atoms with Gasteiger partial charge in [0.05, 0.1) is 29.2 Å². The van der Waals surface area contributed by atoms with E-state index in [1.807, 2.05) is 60.5 Å². The van der Waals surface area contributed by atoms with Crippen molar-refractivity contribution in [2.45, 2.75) is 75.7 Å². The number of likely N-dealkylation sites (N-methyl/N-ethyl adjacent to an activating group) is 1. The van der Waals surface area contributed by atoms with Crippen LogP contribution in [0.15, 0.2) is 48.5 Å². The van der Waals surface area contributed by atoms with Gasteiger partial charge in [-0.2, -0.15) is 0 Å². The summed E-state index contributed by atoms with van der Waals surface area (Å²) < 4.78 is 10.9. The van der Waals surface area contributed by atoms with E-state index >= 15 is 0 Å². The molecule has 10 heteroatoms. The lowest BCUT2D eigenvalue weighted by Crippen LogP contribution is -2.70. The molecule has 0 saturated carbocycles. The molecule has 3 amide bonds. The third kappa shape index (κ3) is 4.81. The van der Waals surface area contributed by atoms with Crippen LogP contribution in [0, 0.1) is 0 Å². The molecule has 3 heterocycles. The summed E-state index contributed by atoms with van der Waals surface area (Å²) in [5, 5.41) is 16.6. The van der Waals surface area contributed by atoms with Gasteiger partial charge in [-0.3, -0.25) is 9.69 Å². The van der Waals surface area contributed by atoms with Gasteiger partial charge in [0.2, 0.25) is 5.91 Å². The van der Waals surface area contributed by atoms with Crippen LogP contribution in [-0.4, -0.2) is 67.8 Å². The maximum absolute atomic E-state index is 14.4. The lowest BCUT2D eigenvalue weighted by Gasteiger charge is -2.57. The quantitative estimate of drug-likeness (QED) is 0.471. The number of carbonyl (C=O) groups excluding carboxylic acids is 3. The molecule has 1 spiro atoms. The topological polar surface area (TPSA) is 120 Å². The van der Waals surface area contributed by atoms with Crippen molar-refractivity contribution in [1.82, 2.24) is 10.6 Å². The molecule has 3 aliphatic rings. The van der Waals surface area contributed by atoms with E-state index in [2.05, 4.69) is 10.6 Å². The standard InChI is InChI=1S/C33H42N4O6/c1-30(2,3)43-28(39)35-20-18-33-25-21(15-16-31(4,5)41)11-10-14-24(25)36(6)27(33)37(29(40)42-7)23-13-9-8-12-22(23)32(33)17-19-34-26(32)38/h8-16,27,41H,17-20H2,1-7H3,(H,34,38)(H,35,39)/b16-15+/t27-,32-,33-/m0/s1. The zero-order valence-electron chi connectivity index (χ0n) is 26.0. The van der Waals surface area contributed by atoms with Crippen LogP contribution in [0.2, 0.25) is 0 Å². The van der Waals surface area contributed by atoms with E-state index in [0.717, 1.165) is 22.4 Å². The van der Waals surface area contributed by atoms with E-state index in [9.17, 15) is 19.5 Å². The second kappa shape index (κ2) is 10.6. The second-order valence-corrected chi connectivity index (χ2v) is 13.1. The Bertz CT molecular complexity index is 1470. The molecule has 0 unspecified atom stereocenters. The van der Waals surface area contributed by atoms with Crippen LogP contribution in [0.4, 0.5) is 21.0 Å². The highest BCUT2D eigenvalue weighted by atomic mass is 16.6. The number of benzene rings is 2. The van der Waals surface area contributed by atoms with Crippen molar-refractivity contribution in [3.63, 3.8) is 0 Å². The predicted octanol–water partition coefficient (Wildman–Crippen LogP) is 4.44. The predicted molar refractivity (Wildman–Crippen MR) is 165 cm³/mol. The van der Waals surface area contributed by atoms with E-state index in [4.69, 9.17) is 9.47 Å². The number of carbonyl (C=O) groups is 3. The van der Waals surface area contributed by atoms with Gasteiger partial charge in [-0.25, -0.2) is 9.59 Å². The Morgan fingerprint density at radius 1 is 1.12 bits per heavy atom. The van der Waals surface area contributed by atoms with Crippen molar-refractivity contribution in [3.8, 4) is 0 Å². The molecule has 3 atom stereocenters. The van der Waals surface area contributed by atoms with Gasteiger partial charge in [-0.15, -0.1) is 0 Å². The first-order valence-electron chi connectivity index (χ1n) is 14.7. The summed E-state index contributed by atoms with van der Waals surface area (Å²) in [6.45, 7) is 9.43. The molecule has 43 heavy (non-hydrogen) atoms. The molecule has 1 fully saturated rings. The minimum atomic E-state index is -1.09. The van der Waals surface area contributed by atoms with Gasteiger partial charge in [0, 0.05) is 25.8 Å². The average Bonchev–Trinajstić information content (AvgIpc) is 3.43. The molecule has 3 N–H and O–H groups in total. The smallest absolute Gasteiger partial charge is 0.415 e. The van der Waals surface area contributed by atoms with E-state index in [1.165, 1.54) is 7.11 Å². The van der Waals surface area contributed by atoms with Gasteiger partial charge in [-0.1, -0.05) is 42.5 Å². The van der Waals surface area contributed by atoms with Crippen LogP contribution >= 0.6 is 0 Å². The Morgan fingerprint density at radius 2 is 1.81 bits per heavy atom. The van der Waals surface area contributed by atoms with Crippen molar-refractivity contribution >= 4 is 35.5 Å².